The smallest absolute Gasteiger partial charge is 0.240 e. The molecule has 2 N–H and O–H groups in total. The molecule has 1 aromatic rings. The van der Waals surface area contributed by atoms with Gasteiger partial charge in [0.05, 0.1) is 10.5 Å². The van der Waals surface area contributed by atoms with Gasteiger partial charge >= 0.3 is 0 Å². The minimum atomic E-state index is -3.49. The molecule has 0 aliphatic carbocycles. The van der Waals surface area contributed by atoms with Gasteiger partial charge in [0.2, 0.25) is 10.0 Å². The summed E-state index contributed by atoms with van der Waals surface area (Å²) < 4.78 is 32.4. The van der Waals surface area contributed by atoms with Crippen LogP contribution in [-0.2, 0) is 21.2 Å². The zero-order valence-electron chi connectivity index (χ0n) is 12.2. The van der Waals surface area contributed by atoms with E-state index in [2.05, 4.69) is 10.0 Å². The Morgan fingerprint density at radius 3 is 2.85 bits per heavy atom. The van der Waals surface area contributed by atoms with Gasteiger partial charge in [-0.05, 0) is 50.5 Å². The topological polar surface area (TPSA) is 67.4 Å². The van der Waals surface area contributed by atoms with Crippen LogP contribution in [0.2, 0.25) is 0 Å². The third kappa shape index (κ3) is 3.50. The molecule has 0 unspecified atom stereocenters. The van der Waals surface area contributed by atoms with Crippen molar-refractivity contribution in [1.29, 1.82) is 0 Å². The Balaban J connectivity index is 2.17. The summed E-state index contributed by atoms with van der Waals surface area (Å²) in [4.78, 5) is 0.312. The fourth-order valence-electron chi connectivity index (χ4n) is 2.04. The molecule has 1 aliphatic rings. The average molecular weight is 298 g/mol. The first-order valence-corrected chi connectivity index (χ1v) is 8.24. The molecule has 5 nitrogen and oxygen atoms in total. The number of aryl methyl sites for hydroxylation is 1. The fourth-order valence-corrected chi connectivity index (χ4v) is 3.29. The summed E-state index contributed by atoms with van der Waals surface area (Å²) in [6.07, 6.45) is 1.94. The van der Waals surface area contributed by atoms with Gasteiger partial charge in [-0.3, -0.25) is 0 Å². The van der Waals surface area contributed by atoms with Crippen molar-refractivity contribution in [2.45, 2.75) is 37.2 Å². The first-order valence-electron chi connectivity index (χ1n) is 6.76. The summed E-state index contributed by atoms with van der Waals surface area (Å²) in [5, 5.41) is 3.27. The Kier molecular flexibility index (Phi) is 4.36. The van der Waals surface area contributed by atoms with Crippen molar-refractivity contribution < 1.29 is 13.2 Å². The van der Waals surface area contributed by atoms with E-state index in [4.69, 9.17) is 4.74 Å². The van der Waals surface area contributed by atoms with Crippen molar-refractivity contribution in [3.8, 4) is 0 Å². The van der Waals surface area contributed by atoms with E-state index < -0.39 is 15.6 Å². The Hall–Kier alpha value is -1.11. The van der Waals surface area contributed by atoms with Gasteiger partial charge in [0.15, 0.2) is 0 Å². The van der Waals surface area contributed by atoms with Crippen LogP contribution >= 0.6 is 0 Å². The molecule has 2 rings (SSSR count). The van der Waals surface area contributed by atoms with Gasteiger partial charge in [0, 0.05) is 25.9 Å². The van der Waals surface area contributed by atoms with Gasteiger partial charge in [-0.2, -0.15) is 0 Å². The SMILES string of the molecule is COC(C)(C)CNS(=O)(=O)c1ccc2c(c1)CCCN2. The second-order valence-corrected chi connectivity index (χ2v) is 7.40. The maximum atomic E-state index is 12.3. The highest BCUT2D eigenvalue weighted by molar-refractivity contribution is 7.89. The molecule has 0 aromatic heterocycles. The molecule has 0 fully saturated rings. The first kappa shape index (κ1) is 15.3. The molecule has 0 amide bonds. The molecule has 112 valence electrons. The number of methoxy groups -OCH3 is 1. The van der Waals surface area contributed by atoms with Gasteiger partial charge in [0.1, 0.15) is 0 Å². The van der Waals surface area contributed by atoms with E-state index in [9.17, 15) is 8.42 Å². The zero-order chi connectivity index (χ0) is 14.8. The van der Waals surface area contributed by atoms with Gasteiger partial charge in [-0.15, -0.1) is 0 Å². The van der Waals surface area contributed by atoms with Crippen molar-refractivity contribution in [2.75, 3.05) is 25.5 Å². The molecular weight excluding hydrogens is 276 g/mol. The van der Waals surface area contributed by atoms with Crippen molar-refractivity contribution in [2.24, 2.45) is 0 Å². The molecule has 0 saturated carbocycles. The van der Waals surface area contributed by atoms with Crippen LogP contribution < -0.4 is 10.0 Å². The van der Waals surface area contributed by atoms with E-state index in [1.165, 1.54) is 0 Å². The summed E-state index contributed by atoms with van der Waals surface area (Å²) >= 11 is 0. The minimum absolute atomic E-state index is 0.237. The standard InChI is InChI=1S/C14H22N2O3S/c1-14(2,19-3)10-16-20(17,18)12-6-7-13-11(9-12)5-4-8-15-13/h6-7,9,15-16H,4-5,8,10H2,1-3H3. The lowest BCUT2D eigenvalue weighted by atomic mass is 10.0. The van der Waals surface area contributed by atoms with E-state index in [0.29, 0.717) is 4.90 Å². The number of nitrogens with one attached hydrogen (secondary N) is 2. The largest absolute Gasteiger partial charge is 0.385 e. The second-order valence-electron chi connectivity index (χ2n) is 5.64. The number of hydrogen-bond acceptors (Lipinski definition) is 4. The van der Waals surface area contributed by atoms with Crippen LogP contribution in [0.25, 0.3) is 0 Å². The van der Waals surface area contributed by atoms with E-state index >= 15 is 0 Å². The van der Waals surface area contributed by atoms with Crippen molar-refractivity contribution in [1.82, 2.24) is 4.72 Å². The fraction of sp³-hybridized carbons (Fsp3) is 0.571. The molecule has 1 aromatic carbocycles. The van der Waals surface area contributed by atoms with E-state index in [1.807, 2.05) is 19.9 Å². The summed E-state index contributed by atoms with van der Waals surface area (Å²) in [7, 11) is -1.93. The Morgan fingerprint density at radius 1 is 1.40 bits per heavy atom. The number of sulfonamides is 1. The normalized spacial score (nSPS) is 15.6. The lowest BCUT2D eigenvalue weighted by Crippen LogP contribution is -2.39. The van der Waals surface area contributed by atoms with Crippen LogP contribution in [0, 0.1) is 0 Å². The van der Waals surface area contributed by atoms with Crippen LogP contribution in [0.15, 0.2) is 23.1 Å². The molecule has 0 atom stereocenters. The number of hydrogen-bond donors (Lipinski definition) is 2. The van der Waals surface area contributed by atoms with Crippen LogP contribution in [0.5, 0.6) is 0 Å². The molecule has 1 heterocycles. The predicted molar refractivity (Wildman–Crippen MR) is 79.5 cm³/mol. The van der Waals surface area contributed by atoms with Gasteiger partial charge in [0.25, 0.3) is 0 Å². The molecule has 6 heteroatoms. The third-order valence-corrected chi connectivity index (χ3v) is 4.96. The maximum Gasteiger partial charge on any atom is 0.240 e. The van der Waals surface area contributed by atoms with Crippen LogP contribution in [0.4, 0.5) is 5.69 Å². The third-order valence-electron chi connectivity index (χ3n) is 3.57. The maximum absolute atomic E-state index is 12.3. The number of rotatable bonds is 5. The average Bonchev–Trinajstić information content (AvgIpc) is 2.45. The predicted octanol–water partition coefficient (Wildman–Crippen LogP) is 1.75. The highest BCUT2D eigenvalue weighted by atomic mass is 32.2. The highest BCUT2D eigenvalue weighted by Crippen LogP contribution is 2.25. The molecule has 0 bridgehead atoms. The molecule has 1 aliphatic heterocycles. The van der Waals surface area contributed by atoms with Crippen molar-refractivity contribution in [3.63, 3.8) is 0 Å². The zero-order valence-corrected chi connectivity index (χ0v) is 13.0. The molecular formula is C14H22N2O3S. The van der Waals surface area contributed by atoms with E-state index in [0.717, 1.165) is 30.6 Å². The number of fused-ring (bicyclic) bond motifs is 1. The van der Waals surface area contributed by atoms with Crippen LogP contribution in [-0.4, -0.2) is 34.2 Å². The molecule has 0 radical (unpaired) electrons. The summed E-state index contributed by atoms with van der Waals surface area (Å²) in [5.74, 6) is 0. The van der Waals surface area contributed by atoms with Crippen molar-refractivity contribution in [3.05, 3.63) is 23.8 Å². The monoisotopic (exact) mass is 298 g/mol. The lowest BCUT2D eigenvalue weighted by molar-refractivity contribution is 0.0276. The first-order chi connectivity index (χ1) is 9.34. The second kappa shape index (κ2) is 5.71. The summed E-state index contributed by atoms with van der Waals surface area (Å²) in [6.45, 7) is 4.86. The van der Waals surface area contributed by atoms with Crippen LogP contribution in [0.3, 0.4) is 0 Å². The number of anilines is 1. The summed E-state index contributed by atoms with van der Waals surface area (Å²) in [5.41, 5.74) is 1.57. The number of ether oxygens (including phenoxy) is 1. The molecule has 0 saturated heterocycles. The number of benzene rings is 1. The Bertz CT molecular complexity index is 582. The quantitative estimate of drug-likeness (QED) is 0.869. The highest BCUT2D eigenvalue weighted by Gasteiger charge is 2.22. The van der Waals surface area contributed by atoms with Crippen molar-refractivity contribution >= 4 is 15.7 Å². The summed E-state index contributed by atoms with van der Waals surface area (Å²) in [6, 6.07) is 5.23. The van der Waals surface area contributed by atoms with E-state index in [-0.39, 0.29) is 6.54 Å². The van der Waals surface area contributed by atoms with Gasteiger partial charge < -0.3 is 10.1 Å². The molecule has 20 heavy (non-hydrogen) atoms. The van der Waals surface area contributed by atoms with Gasteiger partial charge in [-0.25, -0.2) is 13.1 Å². The van der Waals surface area contributed by atoms with Crippen LogP contribution in [0.1, 0.15) is 25.8 Å². The molecule has 0 spiro atoms. The lowest BCUT2D eigenvalue weighted by Gasteiger charge is -2.23. The van der Waals surface area contributed by atoms with E-state index in [1.54, 1.807) is 19.2 Å². The minimum Gasteiger partial charge on any atom is -0.385 e. The van der Waals surface area contributed by atoms with Gasteiger partial charge in [-0.1, -0.05) is 0 Å². The Labute approximate surface area is 120 Å². The Morgan fingerprint density at radius 2 is 2.15 bits per heavy atom.